The molecule has 0 spiro atoms. The van der Waals surface area contributed by atoms with Gasteiger partial charge in [0.25, 0.3) is 0 Å². The Morgan fingerprint density at radius 3 is 2.55 bits per heavy atom. The molecule has 1 heterocycles. The van der Waals surface area contributed by atoms with Crippen LogP contribution in [0, 0.1) is 0 Å². The van der Waals surface area contributed by atoms with Crippen LogP contribution in [0.25, 0.3) is 0 Å². The number of hydrogen-bond donors (Lipinski definition) is 0. The van der Waals surface area contributed by atoms with Gasteiger partial charge in [0.05, 0.1) is 5.56 Å². The van der Waals surface area contributed by atoms with Gasteiger partial charge in [-0.15, -0.1) is 11.8 Å². The third-order valence-electron chi connectivity index (χ3n) is 2.97. The molecule has 0 fully saturated rings. The summed E-state index contributed by atoms with van der Waals surface area (Å²) in [6.07, 6.45) is 2.54. The van der Waals surface area contributed by atoms with E-state index < -0.39 is 12.1 Å². The number of aromatic nitrogens is 1. The molecule has 0 N–H and O–H groups in total. The second-order valence-electron chi connectivity index (χ2n) is 4.48. The number of rotatable bonds is 5. The van der Waals surface area contributed by atoms with Crippen molar-refractivity contribution >= 4 is 35.1 Å². The van der Waals surface area contributed by atoms with Crippen molar-refractivity contribution in [1.29, 1.82) is 0 Å². The molecule has 0 saturated heterocycles. The number of benzene rings is 1. The van der Waals surface area contributed by atoms with E-state index in [0.29, 0.717) is 21.2 Å². The quantitative estimate of drug-likeness (QED) is 0.471. The van der Waals surface area contributed by atoms with Gasteiger partial charge in [0.15, 0.2) is 6.10 Å². The van der Waals surface area contributed by atoms with Gasteiger partial charge in [-0.05, 0) is 49.6 Å². The highest BCUT2D eigenvalue weighted by atomic mass is 35.5. The van der Waals surface area contributed by atoms with Crippen LogP contribution in [-0.4, -0.2) is 29.1 Å². The standard InChI is InChI=1S/C16H14ClNO3S/c1-10(14(19)11-5-7-12(17)8-6-11)21-16(20)13-4-3-9-18-15(13)22-2/h3-10H,1-2H3/t10-/m0/s1. The van der Waals surface area contributed by atoms with E-state index in [1.807, 2.05) is 6.26 Å². The summed E-state index contributed by atoms with van der Waals surface area (Å²) in [5, 5.41) is 1.11. The monoisotopic (exact) mass is 335 g/mol. The van der Waals surface area contributed by atoms with Crippen LogP contribution in [0.2, 0.25) is 5.02 Å². The zero-order valence-electron chi connectivity index (χ0n) is 12.1. The molecule has 114 valence electrons. The molecule has 1 aromatic heterocycles. The topological polar surface area (TPSA) is 56.3 Å². The number of Topliss-reactive ketones (excluding diaryl/α,β-unsaturated/α-hetero) is 1. The largest absolute Gasteiger partial charge is 0.451 e. The molecule has 4 nitrogen and oxygen atoms in total. The predicted molar refractivity (Wildman–Crippen MR) is 86.7 cm³/mol. The highest BCUT2D eigenvalue weighted by Crippen LogP contribution is 2.19. The van der Waals surface area contributed by atoms with E-state index in [4.69, 9.17) is 16.3 Å². The van der Waals surface area contributed by atoms with Crippen LogP contribution in [-0.2, 0) is 4.74 Å². The van der Waals surface area contributed by atoms with Gasteiger partial charge in [-0.3, -0.25) is 4.79 Å². The Labute approximate surface area is 137 Å². The van der Waals surface area contributed by atoms with Crippen molar-refractivity contribution in [3.8, 4) is 0 Å². The molecule has 0 aliphatic carbocycles. The number of pyridine rings is 1. The van der Waals surface area contributed by atoms with Crippen molar-refractivity contribution in [2.75, 3.05) is 6.26 Å². The number of thioether (sulfide) groups is 1. The van der Waals surface area contributed by atoms with Crippen LogP contribution in [0.15, 0.2) is 47.6 Å². The Hall–Kier alpha value is -1.85. The van der Waals surface area contributed by atoms with Crippen molar-refractivity contribution in [1.82, 2.24) is 4.98 Å². The Kier molecular flexibility index (Phi) is 5.57. The summed E-state index contributed by atoms with van der Waals surface area (Å²) in [6, 6.07) is 9.73. The molecule has 2 rings (SSSR count). The molecule has 6 heteroatoms. The van der Waals surface area contributed by atoms with E-state index in [2.05, 4.69) is 4.98 Å². The second kappa shape index (κ2) is 7.42. The Morgan fingerprint density at radius 2 is 1.91 bits per heavy atom. The van der Waals surface area contributed by atoms with Crippen molar-refractivity contribution in [2.24, 2.45) is 0 Å². The van der Waals surface area contributed by atoms with Gasteiger partial charge < -0.3 is 4.74 Å². The summed E-state index contributed by atoms with van der Waals surface area (Å²) < 4.78 is 5.25. The molecule has 0 aliphatic rings. The normalized spacial score (nSPS) is 11.8. The van der Waals surface area contributed by atoms with Crippen LogP contribution in [0.3, 0.4) is 0 Å². The SMILES string of the molecule is CSc1ncccc1C(=O)O[C@@H](C)C(=O)c1ccc(Cl)cc1. The zero-order valence-corrected chi connectivity index (χ0v) is 13.6. The summed E-state index contributed by atoms with van der Waals surface area (Å²) in [5.74, 6) is -0.841. The van der Waals surface area contributed by atoms with Crippen LogP contribution in [0.1, 0.15) is 27.6 Å². The average molecular weight is 336 g/mol. The van der Waals surface area contributed by atoms with Crippen molar-refractivity contribution < 1.29 is 14.3 Å². The number of halogens is 1. The second-order valence-corrected chi connectivity index (χ2v) is 5.71. The molecule has 22 heavy (non-hydrogen) atoms. The number of ketones is 1. The van der Waals surface area contributed by atoms with E-state index in [-0.39, 0.29) is 5.78 Å². The molecule has 0 bridgehead atoms. The molecular formula is C16H14ClNO3S. The van der Waals surface area contributed by atoms with Gasteiger partial charge in [-0.2, -0.15) is 0 Å². The van der Waals surface area contributed by atoms with Crippen LogP contribution in [0.4, 0.5) is 0 Å². The minimum absolute atomic E-state index is 0.278. The lowest BCUT2D eigenvalue weighted by Gasteiger charge is -2.13. The summed E-state index contributed by atoms with van der Waals surface area (Å²) >= 11 is 7.13. The number of hydrogen-bond acceptors (Lipinski definition) is 5. The maximum atomic E-state index is 12.2. The van der Waals surface area contributed by atoms with E-state index in [9.17, 15) is 9.59 Å². The Balaban J connectivity index is 2.11. The highest BCUT2D eigenvalue weighted by Gasteiger charge is 2.22. The first kappa shape index (κ1) is 16.5. The summed E-state index contributed by atoms with van der Waals surface area (Å²) in [7, 11) is 0. The molecule has 2 aromatic rings. The Morgan fingerprint density at radius 1 is 1.23 bits per heavy atom. The first-order valence-corrected chi connectivity index (χ1v) is 8.13. The van der Waals surface area contributed by atoms with Gasteiger partial charge >= 0.3 is 5.97 Å². The number of carbonyl (C=O) groups excluding carboxylic acids is 2. The maximum absolute atomic E-state index is 12.2. The molecule has 0 amide bonds. The summed E-state index contributed by atoms with van der Waals surface area (Å²) in [6.45, 7) is 1.55. The molecule has 1 atom stereocenters. The van der Waals surface area contributed by atoms with Crippen molar-refractivity contribution in [3.05, 3.63) is 58.7 Å². The van der Waals surface area contributed by atoms with Crippen molar-refractivity contribution in [2.45, 2.75) is 18.1 Å². The molecular weight excluding hydrogens is 322 g/mol. The lowest BCUT2D eigenvalue weighted by molar-refractivity contribution is 0.0314. The number of esters is 1. The first-order valence-electron chi connectivity index (χ1n) is 6.52. The lowest BCUT2D eigenvalue weighted by Crippen LogP contribution is -2.24. The van der Waals surface area contributed by atoms with Gasteiger partial charge in [0, 0.05) is 16.8 Å². The van der Waals surface area contributed by atoms with Gasteiger partial charge in [-0.1, -0.05) is 11.6 Å². The summed E-state index contributed by atoms with van der Waals surface area (Å²) in [4.78, 5) is 28.5. The van der Waals surface area contributed by atoms with E-state index in [1.165, 1.54) is 11.8 Å². The maximum Gasteiger partial charge on any atom is 0.341 e. The zero-order chi connectivity index (χ0) is 16.1. The fourth-order valence-corrected chi connectivity index (χ4v) is 2.50. The molecule has 0 unspecified atom stereocenters. The fourth-order valence-electron chi connectivity index (χ4n) is 1.84. The molecule has 1 aromatic carbocycles. The predicted octanol–water partition coefficient (Wildman–Crippen LogP) is 3.89. The smallest absolute Gasteiger partial charge is 0.341 e. The van der Waals surface area contributed by atoms with Gasteiger partial charge in [0.1, 0.15) is 5.03 Å². The first-order chi connectivity index (χ1) is 10.5. The van der Waals surface area contributed by atoms with Crippen molar-refractivity contribution in [3.63, 3.8) is 0 Å². The van der Waals surface area contributed by atoms with Gasteiger partial charge in [-0.25, -0.2) is 9.78 Å². The number of nitrogens with zero attached hydrogens (tertiary/aromatic N) is 1. The average Bonchev–Trinajstić information content (AvgIpc) is 2.54. The highest BCUT2D eigenvalue weighted by molar-refractivity contribution is 7.98. The number of carbonyl (C=O) groups is 2. The van der Waals surface area contributed by atoms with E-state index >= 15 is 0 Å². The van der Waals surface area contributed by atoms with Crippen LogP contribution in [0.5, 0.6) is 0 Å². The Bertz CT molecular complexity index is 688. The summed E-state index contributed by atoms with van der Waals surface area (Å²) in [5.41, 5.74) is 0.798. The van der Waals surface area contributed by atoms with Gasteiger partial charge in [0.2, 0.25) is 5.78 Å². The molecule has 0 saturated carbocycles. The van der Waals surface area contributed by atoms with E-state index in [1.54, 1.807) is 49.5 Å². The lowest BCUT2D eigenvalue weighted by atomic mass is 10.1. The number of ether oxygens (including phenoxy) is 1. The van der Waals surface area contributed by atoms with E-state index in [0.717, 1.165) is 0 Å². The minimum atomic E-state index is -0.886. The third kappa shape index (κ3) is 3.87. The molecule has 0 aliphatic heterocycles. The molecule has 0 radical (unpaired) electrons. The minimum Gasteiger partial charge on any atom is -0.451 e. The third-order valence-corrected chi connectivity index (χ3v) is 3.93. The fraction of sp³-hybridized carbons (Fsp3) is 0.188. The van der Waals surface area contributed by atoms with Crippen LogP contribution < -0.4 is 0 Å². The van der Waals surface area contributed by atoms with Crippen LogP contribution >= 0.6 is 23.4 Å².